The Kier molecular flexibility index (Phi) is 7.12. The Labute approximate surface area is 187 Å². The predicted molar refractivity (Wildman–Crippen MR) is 118 cm³/mol. The Balaban J connectivity index is 1.64. The number of carbonyl (C=O) groups excluding carboxylic acids is 2. The number of amides is 2. The molecule has 0 heterocycles. The van der Waals surface area contributed by atoms with Crippen molar-refractivity contribution in [3.05, 3.63) is 87.9 Å². The van der Waals surface area contributed by atoms with E-state index in [1.54, 1.807) is 42.5 Å². The molecule has 0 bridgehead atoms. The van der Waals surface area contributed by atoms with E-state index in [0.717, 1.165) is 0 Å². The lowest BCUT2D eigenvalue weighted by Gasteiger charge is -2.11. The number of benzene rings is 3. The summed E-state index contributed by atoms with van der Waals surface area (Å²) in [5.74, 6) is -1.82. The van der Waals surface area contributed by atoms with Gasteiger partial charge in [-0.3, -0.25) is 9.59 Å². The summed E-state index contributed by atoms with van der Waals surface area (Å²) in [5, 5.41) is 15.1. The summed E-state index contributed by atoms with van der Waals surface area (Å²) in [5.41, 5.74) is 0.746. The van der Waals surface area contributed by atoms with Crippen LogP contribution in [0.15, 0.2) is 66.7 Å². The molecule has 0 spiro atoms. The molecule has 0 unspecified atom stereocenters. The minimum atomic E-state index is -1.15. The number of para-hydroxylation sites is 1. The molecule has 0 aromatic heterocycles. The van der Waals surface area contributed by atoms with Gasteiger partial charge in [-0.05, 0) is 48.5 Å². The molecule has 3 rings (SSSR count). The van der Waals surface area contributed by atoms with Crippen LogP contribution in [-0.4, -0.2) is 29.5 Å². The molecule has 3 aromatic rings. The average Bonchev–Trinajstić information content (AvgIpc) is 2.73. The fraction of sp³-hybridized carbons (Fsp3) is 0.0455. The van der Waals surface area contributed by atoms with Crippen LogP contribution in [0.3, 0.4) is 0 Å². The fourth-order valence-corrected chi connectivity index (χ4v) is 3.11. The van der Waals surface area contributed by atoms with Gasteiger partial charge in [-0.2, -0.15) is 0 Å². The Morgan fingerprint density at radius 3 is 2.42 bits per heavy atom. The van der Waals surface area contributed by atoms with E-state index in [-0.39, 0.29) is 28.4 Å². The van der Waals surface area contributed by atoms with Crippen LogP contribution in [0.5, 0.6) is 5.75 Å². The van der Waals surface area contributed by atoms with Crippen LogP contribution in [0, 0.1) is 0 Å². The maximum Gasteiger partial charge on any atom is 0.337 e. The van der Waals surface area contributed by atoms with Gasteiger partial charge in [0.25, 0.3) is 11.8 Å². The van der Waals surface area contributed by atoms with Crippen LogP contribution in [0.1, 0.15) is 20.7 Å². The summed E-state index contributed by atoms with van der Waals surface area (Å²) in [6.07, 6.45) is 0. The number of ether oxygens (including phenoxy) is 1. The number of carboxylic acid groups (broad SMARTS) is 1. The molecule has 0 aliphatic rings. The van der Waals surface area contributed by atoms with E-state index in [1.165, 1.54) is 24.3 Å². The number of anilines is 2. The van der Waals surface area contributed by atoms with Crippen molar-refractivity contribution >= 4 is 52.4 Å². The van der Waals surface area contributed by atoms with Gasteiger partial charge in [-0.15, -0.1) is 0 Å². The van der Waals surface area contributed by atoms with Gasteiger partial charge in [-0.25, -0.2) is 4.79 Å². The van der Waals surface area contributed by atoms with Crippen molar-refractivity contribution in [2.75, 3.05) is 17.2 Å². The first-order valence-corrected chi connectivity index (χ1v) is 9.70. The van der Waals surface area contributed by atoms with Crippen molar-refractivity contribution in [1.82, 2.24) is 0 Å². The number of carbonyl (C=O) groups is 3. The molecule has 7 nitrogen and oxygen atoms in total. The smallest absolute Gasteiger partial charge is 0.337 e. The van der Waals surface area contributed by atoms with E-state index < -0.39 is 17.8 Å². The Hall–Kier alpha value is -3.55. The quantitative estimate of drug-likeness (QED) is 0.463. The van der Waals surface area contributed by atoms with Crippen molar-refractivity contribution in [1.29, 1.82) is 0 Å². The second kappa shape index (κ2) is 9.97. The summed E-state index contributed by atoms with van der Waals surface area (Å²) in [6, 6.07) is 16.9. The SMILES string of the molecule is O=C(COc1ccc(Cl)cc1Cl)Nc1cccc(C(=O)Nc2ccccc2C(=O)O)c1. The fourth-order valence-electron chi connectivity index (χ4n) is 2.64. The van der Waals surface area contributed by atoms with Crippen molar-refractivity contribution in [3.63, 3.8) is 0 Å². The van der Waals surface area contributed by atoms with Gasteiger partial charge in [0.1, 0.15) is 5.75 Å². The molecular formula is C22H16Cl2N2O5. The minimum Gasteiger partial charge on any atom is -0.482 e. The molecule has 0 fully saturated rings. The zero-order valence-electron chi connectivity index (χ0n) is 15.9. The van der Waals surface area contributed by atoms with Crippen LogP contribution in [0.25, 0.3) is 0 Å². The second-order valence-corrected chi connectivity index (χ2v) is 7.14. The third-order valence-corrected chi connectivity index (χ3v) is 4.60. The van der Waals surface area contributed by atoms with Gasteiger partial charge in [0.2, 0.25) is 0 Å². The molecule has 9 heteroatoms. The van der Waals surface area contributed by atoms with E-state index in [1.807, 2.05) is 0 Å². The lowest BCUT2D eigenvalue weighted by atomic mass is 10.1. The molecule has 0 radical (unpaired) electrons. The topological polar surface area (TPSA) is 105 Å². The van der Waals surface area contributed by atoms with E-state index in [0.29, 0.717) is 16.5 Å². The van der Waals surface area contributed by atoms with Crippen LogP contribution in [0.2, 0.25) is 10.0 Å². The summed E-state index contributed by atoms with van der Waals surface area (Å²) in [6.45, 7) is -0.302. The van der Waals surface area contributed by atoms with E-state index >= 15 is 0 Å². The molecule has 2 amide bonds. The third kappa shape index (κ3) is 5.97. The lowest BCUT2D eigenvalue weighted by Crippen LogP contribution is -2.21. The number of hydrogen-bond donors (Lipinski definition) is 3. The normalized spacial score (nSPS) is 10.3. The highest BCUT2D eigenvalue weighted by atomic mass is 35.5. The largest absolute Gasteiger partial charge is 0.482 e. The van der Waals surface area contributed by atoms with Crippen molar-refractivity contribution in [3.8, 4) is 5.75 Å². The van der Waals surface area contributed by atoms with E-state index in [9.17, 15) is 19.5 Å². The minimum absolute atomic E-state index is 0.0293. The molecule has 31 heavy (non-hydrogen) atoms. The molecule has 0 atom stereocenters. The van der Waals surface area contributed by atoms with Crippen molar-refractivity contribution in [2.24, 2.45) is 0 Å². The maximum absolute atomic E-state index is 12.5. The first kappa shape index (κ1) is 22.1. The summed E-state index contributed by atoms with van der Waals surface area (Å²) >= 11 is 11.8. The number of halogens is 2. The number of hydrogen-bond acceptors (Lipinski definition) is 4. The highest BCUT2D eigenvalue weighted by molar-refractivity contribution is 6.35. The standard InChI is InChI=1S/C22H16Cl2N2O5/c23-14-8-9-19(17(24)11-14)31-12-20(27)25-15-5-3-4-13(10-15)21(28)26-18-7-2-1-6-16(18)22(29)30/h1-11H,12H2,(H,25,27)(H,26,28)(H,29,30). The zero-order valence-corrected chi connectivity index (χ0v) is 17.4. The molecule has 158 valence electrons. The number of nitrogens with one attached hydrogen (secondary N) is 2. The Morgan fingerprint density at radius 2 is 1.68 bits per heavy atom. The molecule has 0 aliphatic carbocycles. The van der Waals surface area contributed by atoms with E-state index in [4.69, 9.17) is 27.9 Å². The first-order chi connectivity index (χ1) is 14.8. The Morgan fingerprint density at radius 1 is 0.903 bits per heavy atom. The number of rotatable bonds is 7. The summed E-state index contributed by atoms with van der Waals surface area (Å²) in [7, 11) is 0. The monoisotopic (exact) mass is 458 g/mol. The van der Waals surface area contributed by atoms with Crippen molar-refractivity contribution in [2.45, 2.75) is 0 Å². The first-order valence-electron chi connectivity index (χ1n) is 8.95. The molecule has 3 aromatic carbocycles. The van der Waals surface area contributed by atoms with E-state index in [2.05, 4.69) is 10.6 Å². The number of carboxylic acids is 1. The average molecular weight is 459 g/mol. The van der Waals surface area contributed by atoms with Gasteiger partial charge in [0.05, 0.1) is 16.3 Å². The molecular weight excluding hydrogens is 443 g/mol. The summed E-state index contributed by atoms with van der Waals surface area (Å²) in [4.78, 5) is 36.0. The maximum atomic E-state index is 12.5. The van der Waals surface area contributed by atoms with Gasteiger partial charge < -0.3 is 20.5 Å². The predicted octanol–water partition coefficient (Wildman–Crippen LogP) is 4.96. The highest BCUT2D eigenvalue weighted by Crippen LogP contribution is 2.27. The summed E-state index contributed by atoms with van der Waals surface area (Å²) < 4.78 is 5.38. The van der Waals surface area contributed by atoms with Gasteiger partial charge in [-0.1, -0.05) is 41.4 Å². The molecule has 0 saturated carbocycles. The van der Waals surface area contributed by atoms with Gasteiger partial charge in [0.15, 0.2) is 6.61 Å². The molecule has 0 saturated heterocycles. The van der Waals surface area contributed by atoms with Crippen LogP contribution >= 0.6 is 23.2 Å². The third-order valence-electron chi connectivity index (χ3n) is 4.07. The van der Waals surface area contributed by atoms with Crippen LogP contribution in [0.4, 0.5) is 11.4 Å². The molecule has 0 aliphatic heterocycles. The van der Waals surface area contributed by atoms with Crippen LogP contribution < -0.4 is 15.4 Å². The van der Waals surface area contributed by atoms with Crippen molar-refractivity contribution < 1.29 is 24.2 Å². The number of aromatic carboxylic acids is 1. The highest BCUT2D eigenvalue weighted by Gasteiger charge is 2.14. The lowest BCUT2D eigenvalue weighted by molar-refractivity contribution is -0.118. The second-order valence-electron chi connectivity index (χ2n) is 6.30. The zero-order chi connectivity index (χ0) is 22.4. The van der Waals surface area contributed by atoms with Crippen LogP contribution in [-0.2, 0) is 4.79 Å². The van der Waals surface area contributed by atoms with Gasteiger partial charge >= 0.3 is 5.97 Å². The van der Waals surface area contributed by atoms with Gasteiger partial charge in [0, 0.05) is 16.3 Å². The molecule has 3 N–H and O–H groups in total. The Bertz CT molecular complexity index is 1150.